The summed E-state index contributed by atoms with van der Waals surface area (Å²) in [7, 11) is 0. The van der Waals surface area contributed by atoms with Crippen molar-refractivity contribution in [2.45, 2.75) is 44.6 Å². The van der Waals surface area contributed by atoms with Gasteiger partial charge in [-0.15, -0.1) is 10.2 Å². The molecule has 8 heteroatoms. The van der Waals surface area contributed by atoms with Crippen molar-refractivity contribution in [1.82, 2.24) is 29.9 Å². The third kappa shape index (κ3) is 3.47. The number of carbonyl (C=O) groups is 1. The van der Waals surface area contributed by atoms with Gasteiger partial charge in [0, 0.05) is 50.4 Å². The van der Waals surface area contributed by atoms with E-state index in [0.717, 1.165) is 57.3 Å². The van der Waals surface area contributed by atoms with Crippen LogP contribution >= 0.6 is 11.8 Å². The number of amides is 2. The van der Waals surface area contributed by atoms with Crippen LogP contribution in [0.15, 0.2) is 0 Å². The van der Waals surface area contributed by atoms with Gasteiger partial charge >= 0.3 is 6.03 Å². The van der Waals surface area contributed by atoms with E-state index < -0.39 is 0 Å². The number of aromatic nitrogens is 3. The Kier molecular flexibility index (Phi) is 5.11. The summed E-state index contributed by atoms with van der Waals surface area (Å²) in [6, 6.07) is 0.518. The SMILES string of the molecule is CCc1nnc2n1CCN(C1CN(C(=O)NC[C@@H](C)SC)C1)C2. The van der Waals surface area contributed by atoms with Gasteiger partial charge in [0.15, 0.2) is 0 Å². The topological polar surface area (TPSA) is 66.3 Å². The molecule has 2 aliphatic rings. The minimum atomic E-state index is 0.0654. The van der Waals surface area contributed by atoms with Crippen LogP contribution in [-0.2, 0) is 19.5 Å². The smallest absolute Gasteiger partial charge is 0.317 e. The maximum Gasteiger partial charge on any atom is 0.317 e. The van der Waals surface area contributed by atoms with Crippen LogP contribution in [0.4, 0.5) is 4.79 Å². The molecule has 0 unspecified atom stereocenters. The molecule has 1 aromatic rings. The van der Waals surface area contributed by atoms with Crippen LogP contribution in [0.2, 0.25) is 0 Å². The van der Waals surface area contributed by atoms with Gasteiger partial charge in [0.05, 0.1) is 6.54 Å². The molecule has 0 spiro atoms. The first-order valence-corrected chi connectivity index (χ1v) is 9.61. The predicted octanol–water partition coefficient (Wildman–Crippen LogP) is 0.801. The van der Waals surface area contributed by atoms with E-state index in [1.165, 1.54) is 0 Å². The number of thioether (sulfide) groups is 1. The second kappa shape index (κ2) is 7.09. The fourth-order valence-electron chi connectivity index (χ4n) is 3.09. The predicted molar refractivity (Wildman–Crippen MR) is 91.5 cm³/mol. The van der Waals surface area contributed by atoms with Gasteiger partial charge in [0.2, 0.25) is 0 Å². The maximum atomic E-state index is 12.1. The third-order valence-corrected chi connectivity index (χ3v) is 5.76. The summed E-state index contributed by atoms with van der Waals surface area (Å²) in [4.78, 5) is 16.4. The first kappa shape index (κ1) is 16.6. The molecule has 1 saturated heterocycles. The average Bonchev–Trinajstić information content (AvgIpc) is 2.93. The fraction of sp³-hybridized carbons (Fsp3) is 0.800. The Morgan fingerprint density at radius 1 is 1.39 bits per heavy atom. The summed E-state index contributed by atoms with van der Waals surface area (Å²) in [6.07, 6.45) is 2.99. The maximum absolute atomic E-state index is 12.1. The molecule has 1 fully saturated rings. The van der Waals surface area contributed by atoms with E-state index in [4.69, 9.17) is 0 Å². The molecule has 1 N–H and O–H groups in total. The molecule has 2 amide bonds. The lowest BCUT2D eigenvalue weighted by molar-refractivity contribution is 0.0389. The van der Waals surface area contributed by atoms with Gasteiger partial charge in [0.25, 0.3) is 0 Å². The molecule has 2 aliphatic heterocycles. The van der Waals surface area contributed by atoms with E-state index in [9.17, 15) is 4.79 Å². The molecule has 0 radical (unpaired) electrons. The lowest BCUT2D eigenvalue weighted by Gasteiger charge is -2.46. The highest BCUT2D eigenvalue weighted by molar-refractivity contribution is 7.99. The molecule has 3 rings (SSSR count). The van der Waals surface area contributed by atoms with E-state index in [2.05, 4.69) is 45.1 Å². The highest BCUT2D eigenvalue weighted by Crippen LogP contribution is 2.21. The molecule has 0 aromatic carbocycles. The third-order valence-electron chi connectivity index (χ3n) is 4.78. The van der Waals surface area contributed by atoms with Crippen molar-refractivity contribution in [3.8, 4) is 0 Å². The van der Waals surface area contributed by atoms with Gasteiger partial charge in [-0.1, -0.05) is 13.8 Å². The zero-order chi connectivity index (χ0) is 16.4. The monoisotopic (exact) mass is 338 g/mol. The Bertz CT molecular complexity index is 556. The number of aryl methyl sites for hydroxylation is 1. The number of fused-ring (bicyclic) bond motifs is 1. The van der Waals surface area contributed by atoms with Gasteiger partial charge in [-0.05, 0) is 6.26 Å². The Hall–Kier alpha value is -1.28. The van der Waals surface area contributed by atoms with E-state index >= 15 is 0 Å². The summed E-state index contributed by atoms with van der Waals surface area (Å²) in [5, 5.41) is 12.0. The van der Waals surface area contributed by atoms with Crippen LogP contribution in [-0.4, -0.2) is 74.3 Å². The molecule has 1 atom stereocenters. The van der Waals surface area contributed by atoms with Crippen molar-refractivity contribution in [3.63, 3.8) is 0 Å². The summed E-state index contributed by atoms with van der Waals surface area (Å²) < 4.78 is 2.24. The Morgan fingerprint density at radius 2 is 2.17 bits per heavy atom. The Morgan fingerprint density at radius 3 is 2.87 bits per heavy atom. The fourth-order valence-corrected chi connectivity index (χ4v) is 3.34. The number of nitrogens with zero attached hydrogens (tertiary/aromatic N) is 5. The summed E-state index contributed by atoms with van der Waals surface area (Å²) in [5.74, 6) is 2.14. The lowest BCUT2D eigenvalue weighted by Crippen LogP contribution is -2.63. The first-order chi connectivity index (χ1) is 11.1. The normalized spacial score (nSPS) is 20.0. The van der Waals surface area contributed by atoms with Crippen LogP contribution in [0.3, 0.4) is 0 Å². The number of rotatable bonds is 5. The van der Waals surface area contributed by atoms with Crippen LogP contribution in [0, 0.1) is 0 Å². The largest absolute Gasteiger partial charge is 0.337 e. The van der Waals surface area contributed by atoms with Crippen LogP contribution in [0.5, 0.6) is 0 Å². The molecule has 1 aromatic heterocycles. The van der Waals surface area contributed by atoms with Crippen LogP contribution in [0.1, 0.15) is 25.5 Å². The Labute approximate surface area is 141 Å². The molecule has 0 bridgehead atoms. The zero-order valence-corrected chi connectivity index (χ0v) is 15.0. The quantitative estimate of drug-likeness (QED) is 0.860. The van der Waals surface area contributed by atoms with E-state index in [1.54, 1.807) is 11.8 Å². The number of likely N-dealkylation sites (tertiary alicyclic amines) is 1. The number of nitrogens with one attached hydrogen (secondary N) is 1. The molecule has 128 valence electrons. The van der Waals surface area contributed by atoms with Gasteiger partial charge in [-0.25, -0.2) is 4.79 Å². The average molecular weight is 338 g/mol. The van der Waals surface area contributed by atoms with Crippen molar-refractivity contribution in [2.24, 2.45) is 0 Å². The van der Waals surface area contributed by atoms with E-state index in [1.807, 2.05) is 4.90 Å². The lowest BCUT2D eigenvalue weighted by atomic mass is 10.1. The number of hydrogen-bond acceptors (Lipinski definition) is 5. The molecule has 0 saturated carbocycles. The first-order valence-electron chi connectivity index (χ1n) is 8.33. The zero-order valence-electron chi connectivity index (χ0n) is 14.2. The minimum Gasteiger partial charge on any atom is -0.337 e. The summed E-state index contributed by atoms with van der Waals surface area (Å²) in [6.45, 7) is 9.41. The number of carbonyl (C=O) groups excluding carboxylic acids is 1. The molecule has 0 aliphatic carbocycles. The molecular weight excluding hydrogens is 312 g/mol. The standard InChI is InChI=1S/C15H26N6OS/c1-4-13-17-18-14-10-19(5-6-21(13)14)12-8-20(9-12)15(22)16-7-11(2)23-3/h11-12H,4-10H2,1-3H3,(H,16,22)/t11-/m1/s1. The van der Waals surface area contributed by atoms with Crippen molar-refractivity contribution in [1.29, 1.82) is 0 Å². The molecule has 7 nitrogen and oxygen atoms in total. The molecular formula is C15H26N6OS. The van der Waals surface area contributed by atoms with Crippen LogP contribution < -0.4 is 5.32 Å². The number of urea groups is 1. The van der Waals surface area contributed by atoms with Crippen molar-refractivity contribution in [2.75, 3.05) is 32.4 Å². The van der Waals surface area contributed by atoms with Crippen molar-refractivity contribution >= 4 is 17.8 Å². The van der Waals surface area contributed by atoms with Crippen molar-refractivity contribution < 1.29 is 4.79 Å². The van der Waals surface area contributed by atoms with Crippen LogP contribution in [0.25, 0.3) is 0 Å². The Balaban J connectivity index is 1.46. The summed E-state index contributed by atoms with van der Waals surface area (Å²) in [5.41, 5.74) is 0. The highest BCUT2D eigenvalue weighted by Gasteiger charge is 2.36. The van der Waals surface area contributed by atoms with Gasteiger partial charge in [-0.3, -0.25) is 4.90 Å². The van der Waals surface area contributed by atoms with Gasteiger partial charge in [-0.2, -0.15) is 11.8 Å². The van der Waals surface area contributed by atoms with Crippen molar-refractivity contribution in [3.05, 3.63) is 11.6 Å². The highest BCUT2D eigenvalue weighted by atomic mass is 32.2. The molecule has 23 heavy (non-hydrogen) atoms. The summed E-state index contributed by atoms with van der Waals surface area (Å²) >= 11 is 1.77. The van der Waals surface area contributed by atoms with E-state index in [-0.39, 0.29) is 6.03 Å². The van der Waals surface area contributed by atoms with Gasteiger partial charge < -0.3 is 14.8 Å². The second-order valence-corrected chi connectivity index (χ2v) is 7.58. The number of hydrogen-bond donors (Lipinski definition) is 1. The minimum absolute atomic E-state index is 0.0654. The molecule has 3 heterocycles. The van der Waals surface area contributed by atoms with E-state index in [0.29, 0.717) is 11.3 Å². The van der Waals surface area contributed by atoms with Gasteiger partial charge in [0.1, 0.15) is 11.6 Å². The second-order valence-electron chi connectivity index (χ2n) is 6.30.